The number of amides is 3. The third-order valence-electron chi connectivity index (χ3n) is 9.14. The van der Waals surface area contributed by atoms with Gasteiger partial charge in [-0.2, -0.15) is 0 Å². The highest BCUT2D eigenvalue weighted by atomic mass is 16.5. The van der Waals surface area contributed by atoms with Gasteiger partial charge in [-0.15, -0.1) is 0 Å². The van der Waals surface area contributed by atoms with Gasteiger partial charge in [-0.05, 0) is 99.2 Å². The van der Waals surface area contributed by atoms with Crippen LogP contribution >= 0.6 is 0 Å². The molecule has 34 heavy (non-hydrogen) atoms. The van der Waals surface area contributed by atoms with Crippen LogP contribution in [0.2, 0.25) is 0 Å². The van der Waals surface area contributed by atoms with Crippen molar-refractivity contribution in [2.45, 2.75) is 95.9 Å². The van der Waals surface area contributed by atoms with Crippen LogP contribution < -0.4 is 10.6 Å². The van der Waals surface area contributed by atoms with E-state index in [4.69, 9.17) is 4.74 Å². The second kappa shape index (κ2) is 9.01. The van der Waals surface area contributed by atoms with Crippen molar-refractivity contribution >= 4 is 17.9 Å². The summed E-state index contributed by atoms with van der Waals surface area (Å²) in [6.07, 6.45) is 11.3. The molecule has 3 amide bonds. The maximum absolute atomic E-state index is 13.4. The Kier molecular flexibility index (Phi) is 6.19. The van der Waals surface area contributed by atoms with Gasteiger partial charge in [0, 0.05) is 6.04 Å². The SMILES string of the molecule is Cc1ccc(C23C[C@H]4C[C@@H](CC(C(=O)OCC(=O)NC(=O)NC5CCCCC5)(C4)C2)C3)cc1C. The molecule has 5 saturated carbocycles. The molecule has 0 heterocycles. The summed E-state index contributed by atoms with van der Waals surface area (Å²) in [6, 6.07) is 6.41. The Morgan fingerprint density at radius 3 is 2.35 bits per heavy atom. The van der Waals surface area contributed by atoms with Gasteiger partial charge < -0.3 is 10.1 Å². The zero-order valence-electron chi connectivity index (χ0n) is 20.6. The predicted octanol–water partition coefficient (Wildman–Crippen LogP) is 4.84. The third-order valence-corrected chi connectivity index (χ3v) is 9.14. The molecule has 0 saturated heterocycles. The molecular formula is C28H38N2O4. The van der Waals surface area contributed by atoms with Crippen molar-refractivity contribution in [2.24, 2.45) is 17.3 Å². The van der Waals surface area contributed by atoms with Crippen LogP contribution in [0.3, 0.4) is 0 Å². The molecule has 184 valence electrons. The molecule has 1 aromatic carbocycles. The van der Waals surface area contributed by atoms with Crippen molar-refractivity contribution in [2.75, 3.05) is 6.61 Å². The van der Waals surface area contributed by atoms with Crippen molar-refractivity contribution in [1.82, 2.24) is 10.6 Å². The molecule has 0 aromatic heterocycles. The lowest BCUT2D eigenvalue weighted by Crippen LogP contribution is -2.57. The molecule has 6 nitrogen and oxygen atoms in total. The molecule has 0 spiro atoms. The summed E-state index contributed by atoms with van der Waals surface area (Å²) in [5.41, 5.74) is 3.48. The second-order valence-electron chi connectivity index (χ2n) is 11.8. The van der Waals surface area contributed by atoms with Crippen LogP contribution in [-0.2, 0) is 19.7 Å². The molecule has 0 unspecified atom stereocenters. The van der Waals surface area contributed by atoms with Gasteiger partial charge in [-0.1, -0.05) is 37.5 Å². The van der Waals surface area contributed by atoms with Crippen LogP contribution in [0.1, 0.15) is 87.3 Å². The summed E-state index contributed by atoms with van der Waals surface area (Å²) in [5, 5.41) is 5.20. The van der Waals surface area contributed by atoms with E-state index in [1.54, 1.807) is 0 Å². The van der Waals surface area contributed by atoms with E-state index in [1.165, 1.54) is 29.5 Å². The van der Waals surface area contributed by atoms with Gasteiger partial charge in [-0.25, -0.2) is 4.79 Å². The van der Waals surface area contributed by atoms with E-state index < -0.39 is 24.0 Å². The Balaban J connectivity index is 1.22. The molecule has 6 rings (SSSR count). The first-order valence-electron chi connectivity index (χ1n) is 13.1. The minimum absolute atomic E-state index is 0.0315. The van der Waals surface area contributed by atoms with Gasteiger partial charge in [0.15, 0.2) is 6.61 Å². The molecular weight excluding hydrogens is 428 g/mol. The standard InChI is InChI=1S/C28H38N2O4/c1-18-8-9-22(10-19(18)2)27-12-20-11-21(13-27)15-28(14-20,17-27)25(32)34-16-24(31)30-26(33)29-23-6-4-3-5-7-23/h8-10,20-21,23H,3-7,11-17H2,1-2H3,(H2,29,30,31,33)/t20-,21-,27?,28?/m1/s1. The number of rotatable bonds is 5. The lowest BCUT2D eigenvalue weighted by Gasteiger charge is -2.61. The monoisotopic (exact) mass is 466 g/mol. The molecule has 6 heteroatoms. The molecule has 0 radical (unpaired) electrons. The quantitative estimate of drug-likeness (QED) is 0.608. The molecule has 5 fully saturated rings. The highest BCUT2D eigenvalue weighted by Gasteiger charge is 2.61. The molecule has 2 N–H and O–H groups in total. The Hall–Kier alpha value is -2.37. The minimum Gasteiger partial charge on any atom is -0.455 e. The number of benzene rings is 1. The summed E-state index contributed by atoms with van der Waals surface area (Å²) < 4.78 is 5.57. The Labute approximate surface area is 202 Å². The number of nitrogens with one attached hydrogen (secondary N) is 2. The Bertz CT molecular complexity index is 967. The molecule has 2 atom stereocenters. The van der Waals surface area contributed by atoms with Crippen molar-refractivity contribution in [3.05, 3.63) is 34.9 Å². The van der Waals surface area contributed by atoms with Crippen molar-refractivity contribution in [3.63, 3.8) is 0 Å². The number of urea groups is 1. The minimum atomic E-state index is -0.560. The Morgan fingerprint density at radius 1 is 0.971 bits per heavy atom. The highest BCUT2D eigenvalue weighted by Crippen LogP contribution is 2.66. The normalized spacial score (nSPS) is 32.3. The summed E-state index contributed by atoms with van der Waals surface area (Å²) >= 11 is 0. The third kappa shape index (κ3) is 4.48. The van der Waals surface area contributed by atoms with Crippen LogP contribution in [0.4, 0.5) is 4.79 Å². The number of hydrogen-bond acceptors (Lipinski definition) is 4. The largest absolute Gasteiger partial charge is 0.455 e. The first-order chi connectivity index (χ1) is 16.3. The maximum Gasteiger partial charge on any atom is 0.321 e. The van der Waals surface area contributed by atoms with Gasteiger partial charge in [0.25, 0.3) is 5.91 Å². The van der Waals surface area contributed by atoms with E-state index in [2.05, 4.69) is 42.7 Å². The summed E-state index contributed by atoms with van der Waals surface area (Å²) in [4.78, 5) is 37.9. The number of hydrogen-bond donors (Lipinski definition) is 2. The summed E-state index contributed by atoms with van der Waals surface area (Å²) in [6.45, 7) is 3.90. The number of ether oxygens (including phenoxy) is 1. The lowest BCUT2D eigenvalue weighted by molar-refractivity contribution is -0.175. The smallest absolute Gasteiger partial charge is 0.321 e. The zero-order chi connectivity index (χ0) is 23.9. The number of carbonyl (C=O) groups excluding carboxylic acids is 3. The van der Waals surface area contributed by atoms with Gasteiger partial charge >= 0.3 is 12.0 Å². The fourth-order valence-corrected chi connectivity index (χ4v) is 7.83. The van der Waals surface area contributed by atoms with E-state index >= 15 is 0 Å². The molecule has 5 aliphatic carbocycles. The van der Waals surface area contributed by atoms with Crippen LogP contribution in [0.5, 0.6) is 0 Å². The molecule has 4 bridgehead atoms. The fourth-order valence-electron chi connectivity index (χ4n) is 7.83. The fraction of sp³-hybridized carbons (Fsp3) is 0.679. The number of aryl methyl sites for hydroxylation is 2. The topological polar surface area (TPSA) is 84.5 Å². The van der Waals surface area contributed by atoms with Gasteiger partial charge in [0.05, 0.1) is 5.41 Å². The van der Waals surface area contributed by atoms with E-state index in [9.17, 15) is 14.4 Å². The molecule has 0 aliphatic heterocycles. The van der Waals surface area contributed by atoms with Gasteiger partial charge in [0.1, 0.15) is 0 Å². The summed E-state index contributed by atoms with van der Waals surface area (Å²) in [7, 11) is 0. The molecule has 1 aromatic rings. The first kappa shape index (κ1) is 23.4. The first-order valence-corrected chi connectivity index (χ1v) is 13.1. The van der Waals surface area contributed by atoms with E-state index in [0.717, 1.165) is 57.8 Å². The van der Waals surface area contributed by atoms with Crippen LogP contribution in [0.25, 0.3) is 0 Å². The Morgan fingerprint density at radius 2 is 1.68 bits per heavy atom. The van der Waals surface area contributed by atoms with Crippen LogP contribution in [-0.4, -0.2) is 30.6 Å². The number of imide groups is 1. The predicted molar refractivity (Wildman–Crippen MR) is 129 cm³/mol. The van der Waals surface area contributed by atoms with Gasteiger partial charge in [0.2, 0.25) is 0 Å². The average Bonchev–Trinajstić information content (AvgIpc) is 2.79. The second-order valence-corrected chi connectivity index (χ2v) is 11.8. The number of esters is 1. The summed E-state index contributed by atoms with van der Waals surface area (Å²) in [5.74, 6) is 0.254. The van der Waals surface area contributed by atoms with Crippen LogP contribution in [0.15, 0.2) is 18.2 Å². The molecule has 5 aliphatic rings. The lowest BCUT2D eigenvalue weighted by atomic mass is 9.43. The zero-order valence-corrected chi connectivity index (χ0v) is 20.6. The van der Waals surface area contributed by atoms with Crippen LogP contribution in [0, 0.1) is 31.1 Å². The highest BCUT2D eigenvalue weighted by molar-refractivity contribution is 5.95. The van der Waals surface area contributed by atoms with Gasteiger partial charge in [-0.3, -0.25) is 14.9 Å². The van der Waals surface area contributed by atoms with Crippen molar-refractivity contribution in [1.29, 1.82) is 0 Å². The van der Waals surface area contributed by atoms with Crippen molar-refractivity contribution in [3.8, 4) is 0 Å². The van der Waals surface area contributed by atoms with E-state index in [1.807, 2.05) is 0 Å². The van der Waals surface area contributed by atoms with Crippen molar-refractivity contribution < 1.29 is 19.1 Å². The van der Waals surface area contributed by atoms with E-state index in [0.29, 0.717) is 11.8 Å². The van der Waals surface area contributed by atoms with E-state index in [-0.39, 0.29) is 17.4 Å². The maximum atomic E-state index is 13.4. The average molecular weight is 467 g/mol. The number of carbonyl (C=O) groups is 3.